The molecule has 1 atom stereocenters. The van der Waals surface area contributed by atoms with Crippen LogP contribution in [0.2, 0.25) is 0 Å². The third kappa shape index (κ3) is 6.69. The number of pyridine rings is 2. The van der Waals surface area contributed by atoms with Crippen LogP contribution in [-0.2, 0) is 20.7 Å². The number of carbonyl (C=O) groups is 4. The largest absolute Gasteiger partial charge is 0.491 e. The van der Waals surface area contributed by atoms with Crippen LogP contribution in [-0.4, -0.2) is 76.4 Å². The zero-order valence-electron chi connectivity index (χ0n) is 27.5. The van der Waals surface area contributed by atoms with Gasteiger partial charge < -0.3 is 14.8 Å². The molecular weight excluding hydrogens is 657 g/mol. The van der Waals surface area contributed by atoms with E-state index < -0.39 is 29.7 Å². The van der Waals surface area contributed by atoms with Crippen LogP contribution in [0.4, 0.5) is 5.69 Å². The molecule has 3 aromatic heterocycles. The summed E-state index contributed by atoms with van der Waals surface area (Å²) < 4.78 is 12.6. The summed E-state index contributed by atoms with van der Waals surface area (Å²) in [5.74, 6) is -1.76. The number of thiazole rings is 1. The number of fused-ring (bicyclic) bond motifs is 2. The number of nitrogens with zero attached hydrogens (tertiary/aromatic N) is 4. The predicted molar refractivity (Wildman–Crippen MR) is 188 cm³/mol. The van der Waals surface area contributed by atoms with Crippen molar-refractivity contribution in [3.63, 3.8) is 0 Å². The summed E-state index contributed by atoms with van der Waals surface area (Å²) >= 11 is 1.66. The number of nitrogens with one attached hydrogen (secondary N) is 2. The first kappa shape index (κ1) is 33.0. The number of amides is 4. The van der Waals surface area contributed by atoms with Crippen molar-refractivity contribution in [2.45, 2.75) is 38.6 Å². The molecule has 0 bridgehead atoms. The van der Waals surface area contributed by atoms with Gasteiger partial charge in [0.2, 0.25) is 11.8 Å². The molecule has 2 N–H and O–H groups in total. The van der Waals surface area contributed by atoms with Crippen LogP contribution in [0.3, 0.4) is 0 Å². The molecule has 7 rings (SSSR count). The van der Waals surface area contributed by atoms with Gasteiger partial charge >= 0.3 is 0 Å². The Balaban J connectivity index is 0.855. The molecule has 0 aliphatic carbocycles. The van der Waals surface area contributed by atoms with E-state index in [2.05, 4.69) is 34.7 Å². The second-order valence-corrected chi connectivity index (χ2v) is 13.1. The predicted octanol–water partition coefficient (Wildman–Crippen LogP) is 5.20. The Morgan fingerprint density at radius 1 is 0.920 bits per heavy atom. The Morgan fingerprint density at radius 2 is 1.78 bits per heavy atom. The van der Waals surface area contributed by atoms with Crippen LogP contribution in [0, 0.1) is 6.92 Å². The van der Waals surface area contributed by atoms with Crippen LogP contribution in [0.5, 0.6) is 5.75 Å². The number of anilines is 1. The summed E-state index contributed by atoms with van der Waals surface area (Å²) in [4.78, 5) is 64.7. The van der Waals surface area contributed by atoms with Crippen molar-refractivity contribution in [1.82, 2.24) is 25.2 Å². The molecule has 5 heterocycles. The second-order valence-electron chi connectivity index (χ2n) is 12.1. The number of ether oxygens (including phenoxy) is 2. The Bertz CT molecular complexity index is 2130. The van der Waals surface area contributed by atoms with E-state index in [0.717, 1.165) is 66.7 Å². The zero-order valence-corrected chi connectivity index (χ0v) is 28.3. The number of hydrogen-bond acceptors (Lipinski definition) is 11. The van der Waals surface area contributed by atoms with Crippen LogP contribution in [0.15, 0.2) is 67.0 Å². The molecule has 2 aliphatic heterocycles. The van der Waals surface area contributed by atoms with Crippen LogP contribution >= 0.6 is 11.3 Å². The van der Waals surface area contributed by atoms with E-state index in [9.17, 15) is 19.2 Å². The number of rotatable bonds is 12. The quantitative estimate of drug-likeness (QED) is 0.132. The molecule has 0 saturated carbocycles. The highest BCUT2D eigenvalue weighted by atomic mass is 32.1. The molecule has 0 radical (unpaired) electrons. The van der Waals surface area contributed by atoms with Crippen LogP contribution < -0.4 is 15.4 Å². The smallest absolute Gasteiger partial charge is 0.262 e. The fraction of sp³-hybridized carbons (Fsp3) is 0.270. The summed E-state index contributed by atoms with van der Waals surface area (Å²) in [5.41, 5.74) is 7.30. The molecule has 2 aromatic carbocycles. The maximum atomic E-state index is 13.0. The highest BCUT2D eigenvalue weighted by Crippen LogP contribution is 2.34. The lowest BCUT2D eigenvalue weighted by atomic mass is 10.0. The number of aryl methyl sites for hydroxylation is 2. The summed E-state index contributed by atoms with van der Waals surface area (Å²) in [6.07, 6.45) is 5.45. The SMILES string of the molecule is CNc1ccc2nc(-c3cnc(-c4ccc(CCCOCCOc5ccc6c(c5)C(=O)N(C5CCC(=O)NC5=O)C6=O)nc4)cc3C)sc2c1. The Kier molecular flexibility index (Phi) is 9.33. The number of carbonyl (C=O) groups excluding carboxylic acids is 4. The first-order chi connectivity index (χ1) is 24.3. The lowest BCUT2D eigenvalue weighted by Gasteiger charge is -2.27. The van der Waals surface area contributed by atoms with Crippen molar-refractivity contribution in [2.75, 3.05) is 32.2 Å². The van der Waals surface area contributed by atoms with Crippen molar-refractivity contribution < 1.29 is 28.7 Å². The molecule has 1 fully saturated rings. The van der Waals surface area contributed by atoms with E-state index in [-0.39, 0.29) is 30.6 Å². The van der Waals surface area contributed by atoms with Crippen molar-refractivity contribution in [1.29, 1.82) is 0 Å². The number of imide groups is 2. The number of aromatic nitrogens is 3. The summed E-state index contributed by atoms with van der Waals surface area (Å²) in [6, 6.07) is 15.9. The fourth-order valence-electron chi connectivity index (χ4n) is 6.07. The average Bonchev–Trinajstić information content (AvgIpc) is 3.65. The summed E-state index contributed by atoms with van der Waals surface area (Å²) in [7, 11) is 1.91. The van der Waals surface area contributed by atoms with Crippen LogP contribution in [0.1, 0.15) is 51.2 Å². The number of benzene rings is 2. The first-order valence-corrected chi connectivity index (χ1v) is 17.2. The van der Waals surface area contributed by atoms with Gasteiger partial charge in [0.1, 0.15) is 23.4 Å². The van der Waals surface area contributed by atoms with E-state index in [4.69, 9.17) is 19.4 Å². The lowest BCUT2D eigenvalue weighted by Crippen LogP contribution is -2.54. The third-order valence-corrected chi connectivity index (χ3v) is 9.82. The molecule has 4 amide bonds. The third-order valence-electron chi connectivity index (χ3n) is 8.77. The standard InChI is InChI=1S/C37H34N6O6S/c1-21-16-30(40-20-28(21)35-41-29-10-7-24(38-2)17-32(29)50-35)22-5-6-23(39-19-22)4-3-13-48-14-15-49-25-8-9-26-27(18-25)37(47)43(36(26)46)31-11-12-33(44)42-34(31)45/h5-10,16-20,31,38H,3-4,11-15H2,1-2H3,(H,42,44,45). The van der Waals surface area contributed by atoms with Crippen LogP contribution in [0.25, 0.3) is 32.0 Å². The van der Waals surface area contributed by atoms with Gasteiger partial charge in [-0.25, -0.2) is 4.98 Å². The zero-order chi connectivity index (χ0) is 34.8. The molecule has 13 heteroatoms. The van der Waals surface area contributed by atoms with Gasteiger partial charge in [-0.3, -0.25) is 39.4 Å². The van der Waals surface area contributed by atoms with Gasteiger partial charge in [-0.15, -0.1) is 11.3 Å². The molecule has 50 heavy (non-hydrogen) atoms. The molecule has 2 aliphatic rings. The monoisotopic (exact) mass is 690 g/mol. The topological polar surface area (TPSA) is 153 Å². The maximum absolute atomic E-state index is 13.0. The minimum Gasteiger partial charge on any atom is -0.491 e. The van der Waals surface area contributed by atoms with Crippen molar-refractivity contribution in [3.8, 4) is 27.6 Å². The molecule has 12 nitrogen and oxygen atoms in total. The molecular formula is C37H34N6O6S. The number of piperidine rings is 1. The molecule has 1 saturated heterocycles. The van der Waals surface area contributed by atoms with E-state index in [1.54, 1.807) is 17.4 Å². The van der Waals surface area contributed by atoms with Gasteiger partial charge in [0.25, 0.3) is 11.8 Å². The van der Waals surface area contributed by atoms with E-state index in [1.165, 1.54) is 12.1 Å². The summed E-state index contributed by atoms with van der Waals surface area (Å²) in [5, 5.41) is 6.32. The first-order valence-electron chi connectivity index (χ1n) is 16.4. The van der Waals surface area contributed by atoms with Gasteiger partial charge in [-0.05, 0) is 86.3 Å². The normalized spacial score (nSPS) is 15.8. The molecule has 1 unspecified atom stereocenters. The second kappa shape index (κ2) is 14.1. The maximum Gasteiger partial charge on any atom is 0.262 e. The van der Waals surface area contributed by atoms with E-state index in [1.807, 2.05) is 43.7 Å². The molecule has 0 spiro atoms. The molecule has 5 aromatic rings. The van der Waals surface area contributed by atoms with Gasteiger partial charge in [-0.2, -0.15) is 0 Å². The van der Waals surface area contributed by atoms with Gasteiger partial charge in [0.15, 0.2) is 0 Å². The van der Waals surface area contributed by atoms with Gasteiger partial charge in [-0.1, -0.05) is 0 Å². The lowest BCUT2D eigenvalue weighted by molar-refractivity contribution is -0.136. The van der Waals surface area contributed by atoms with Crippen molar-refractivity contribution in [3.05, 3.63) is 89.4 Å². The Morgan fingerprint density at radius 3 is 2.56 bits per heavy atom. The van der Waals surface area contributed by atoms with E-state index >= 15 is 0 Å². The van der Waals surface area contributed by atoms with Crippen molar-refractivity contribution >= 4 is 50.9 Å². The molecule has 254 valence electrons. The van der Waals surface area contributed by atoms with E-state index in [0.29, 0.717) is 19.0 Å². The fourth-order valence-corrected chi connectivity index (χ4v) is 7.15. The minimum absolute atomic E-state index is 0.0690. The van der Waals surface area contributed by atoms with Gasteiger partial charge in [0, 0.05) is 55.0 Å². The van der Waals surface area contributed by atoms with Crippen molar-refractivity contribution in [2.24, 2.45) is 0 Å². The highest BCUT2D eigenvalue weighted by Gasteiger charge is 2.44. The number of hydrogen-bond donors (Lipinski definition) is 2. The Hall–Kier alpha value is -5.53. The Labute approximate surface area is 291 Å². The van der Waals surface area contributed by atoms with Gasteiger partial charge in [0.05, 0.1) is 33.6 Å². The minimum atomic E-state index is -1.01. The average molecular weight is 691 g/mol. The summed E-state index contributed by atoms with van der Waals surface area (Å²) in [6.45, 7) is 3.20. The highest BCUT2D eigenvalue weighted by molar-refractivity contribution is 7.21.